The summed E-state index contributed by atoms with van der Waals surface area (Å²) in [5.41, 5.74) is 5.61. The number of fused-ring (bicyclic) bond motifs is 1. The molecule has 3 rings (SSSR count). The fraction of sp³-hybridized carbons (Fsp3) is 0.0714. The number of para-hydroxylation sites is 1. The highest BCUT2D eigenvalue weighted by Gasteiger charge is 2.34. The summed E-state index contributed by atoms with van der Waals surface area (Å²) >= 11 is 2.38. The van der Waals surface area contributed by atoms with Gasteiger partial charge in [-0.3, -0.25) is 0 Å². The lowest BCUT2D eigenvalue weighted by Crippen LogP contribution is -2.07. The van der Waals surface area contributed by atoms with Crippen LogP contribution in [0.25, 0.3) is 10.2 Å². The van der Waals surface area contributed by atoms with Gasteiger partial charge in [-0.2, -0.15) is 13.2 Å². The van der Waals surface area contributed by atoms with Gasteiger partial charge in [0.05, 0.1) is 15.8 Å². The molecule has 0 aliphatic rings. The topological polar surface area (TPSA) is 38.9 Å². The third kappa shape index (κ3) is 3.48. The van der Waals surface area contributed by atoms with E-state index in [-0.39, 0.29) is 23.0 Å². The number of hydrogen-bond acceptors (Lipinski definition) is 4. The number of anilines is 1. The third-order valence-corrected chi connectivity index (χ3v) is 4.95. The summed E-state index contributed by atoms with van der Waals surface area (Å²) in [6.45, 7) is 0. The van der Waals surface area contributed by atoms with Gasteiger partial charge in [0.2, 0.25) is 0 Å². The Morgan fingerprint density at radius 3 is 2.50 bits per heavy atom. The monoisotopic (exact) mass is 362 g/mol. The maximum Gasteiger partial charge on any atom is 0.417 e. The van der Waals surface area contributed by atoms with Crippen molar-refractivity contribution < 1.29 is 13.2 Å². The molecule has 0 amide bonds. The molecule has 0 spiro atoms. The summed E-state index contributed by atoms with van der Waals surface area (Å²) in [6, 6.07) is 11.3. The van der Waals surface area contributed by atoms with Crippen LogP contribution in [0.2, 0.25) is 0 Å². The largest absolute Gasteiger partial charge is 0.417 e. The number of benzene rings is 2. The van der Waals surface area contributed by atoms with Crippen molar-refractivity contribution in [1.29, 1.82) is 0 Å². The fourth-order valence-electron chi connectivity index (χ4n) is 1.85. The van der Waals surface area contributed by atoms with Crippen LogP contribution in [-0.4, -0.2) is 4.98 Å². The lowest BCUT2D eigenvalue weighted by molar-refractivity contribution is -0.139. The smallest absolute Gasteiger partial charge is 0.399 e. The number of nitrogens with two attached hydrogens (primary N) is 1. The number of halogens is 4. The Morgan fingerprint density at radius 1 is 1.09 bits per heavy atom. The SMILES string of the molecule is Cl.Nc1ccc(Sc2nc3ccccc3s2)c(C(F)(F)F)c1. The number of rotatable bonds is 2. The standard InChI is InChI=1S/C14H9F3N2S2.ClH/c15-14(16,17)9-7-8(18)5-6-11(9)20-13-19-10-3-1-2-4-12(10)21-13;/h1-7H,18H2;1H. The number of nitrogens with zero attached hydrogens (tertiary/aromatic N) is 1. The minimum absolute atomic E-state index is 0. The Hall–Kier alpha value is -1.44. The maximum absolute atomic E-state index is 13.0. The molecule has 1 aromatic heterocycles. The predicted molar refractivity (Wildman–Crippen MR) is 86.8 cm³/mol. The molecule has 2 nitrogen and oxygen atoms in total. The van der Waals surface area contributed by atoms with Crippen molar-refractivity contribution in [1.82, 2.24) is 4.98 Å². The van der Waals surface area contributed by atoms with Gasteiger partial charge in [0.1, 0.15) is 0 Å². The average Bonchev–Trinajstić information content (AvgIpc) is 2.82. The van der Waals surface area contributed by atoms with Crippen molar-refractivity contribution in [2.24, 2.45) is 0 Å². The van der Waals surface area contributed by atoms with Crippen LogP contribution in [0.15, 0.2) is 51.7 Å². The Balaban J connectivity index is 0.00000176. The summed E-state index contributed by atoms with van der Waals surface area (Å²) in [7, 11) is 0. The van der Waals surface area contributed by atoms with E-state index in [0.717, 1.165) is 28.0 Å². The van der Waals surface area contributed by atoms with Crippen molar-refractivity contribution in [3.8, 4) is 0 Å². The quantitative estimate of drug-likeness (QED) is 0.614. The fourth-order valence-corrected chi connectivity index (χ4v) is 4.00. The van der Waals surface area contributed by atoms with E-state index in [4.69, 9.17) is 5.73 Å². The molecule has 8 heteroatoms. The molecular formula is C14H10ClF3N2S2. The molecule has 0 bridgehead atoms. The highest BCUT2D eigenvalue weighted by molar-refractivity contribution is 8.01. The van der Waals surface area contributed by atoms with Gasteiger partial charge in [0.25, 0.3) is 0 Å². The molecule has 0 radical (unpaired) electrons. The molecule has 1 heterocycles. The van der Waals surface area contributed by atoms with Crippen LogP contribution in [0.1, 0.15) is 5.56 Å². The molecule has 22 heavy (non-hydrogen) atoms. The van der Waals surface area contributed by atoms with Gasteiger partial charge in [0.15, 0.2) is 4.34 Å². The zero-order valence-corrected chi connectivity index (χ0v) is 13.4. The highest BCUT2D eigenvalue weighted by atomic mass is 35.5. The lowest BCUT2D eigenvalue weighted by Gasteiger charge is -2.12. The summed E-state index contributed by atoms with van der Waals surface area (Å²) in [4.78, 5) is 4.44. The van der Waals surface area contributed by atoms with Crippen LogP contribution in [0.5, 0.6) is 0 Å². The van der Waals surface area contributed by atoms with Gasteiger partial charge in [-0.15, -0.1) is 23.7 Å². The van der Waals surface area contributed by atoms with Gasteiger partial charge in [-0.25, -0.2) is 4.98 Å². The predicted octanol–water partition coefficient (Wildman–Crippen LogP) is 5.47. The summed E-state index contributed by atoms with van der Waals surface area (Å²) < 4.78 is 40.7. The van der Waals surface area contributed by atoms with Crippen LogP contribution in [0.4, 0.5) is 18.9 Å². The molecule has 0 saturated carbocycles. The molecule has 3 aromatic rings. The van der Waals surface area contributed by atoms with Crippen LogP contribution in [0.3, 0.4) is 0 Å². The third-order valence-electron chi connectivity index (χ3n) is 2.78. The van der Waals surface area contributed by atoms with Crippen LogP contribution in [-0.2, 0) is 6.18 Å². The van der Waals surface area contributed by atoms with Crippen LogP contribution in [0, 0.1) is 0 Å². The first-order valence-corrected chi connectivity index (χ1v) is 7.57. The van der Waals surface area contributed by atoms with E-state index < -0.39 is 11.7 Å². The molecular weight excluding hydrogens is 353 g/mol. The second-order valence-electron chi connectivity index (χ2n) is 4.30. The Bertz CT molecular complexity index is 769. The van der Waals surface area contributed by atoms with E-state index >= 15 is 0 Å². The second kappa shape index (κ2) is 6.36. The molecule has 2 N–H and O–H groups in total. The lowest BCUT2D eigenvalue weighted by atomic mass is 10.2. The molecule has 2 aromatic carbocycles. The van der Waals surface area contributed by atoms with Crippen molar-refractivity contribution in [2.45, 2.75) is 15.4 Å². The molecule has 0 aliphatic heterocycles. The minimum Gasteiger partial charge on any atom is -0.399 e. The van der Waals surface area contributed by atoms with E-state index in [9.17, 15) is 13.2 Å². The summed E-state index contributed by atoms with van der Waals surface area (Å²) in [6.07, 6.45) is -4.44. The number of nitrogen functional groups attached to an aromatic ring is 1. The molecule has 0 fully saturated rings. The number of alkyl halides is 3. The average molecular weight is 363 g/mol. The molecule has 116 valence electrons. The Labute approximate surface area is 139 Å². The first-order valence-electron chi connectivity index (χ1n) is 5.93. The van der Waals surface area contributed by atoms with Gasteiger partial charge >= 0.3 is 6.18 Å². The van der Waals surface area contributed by atoms with E-state index in [2.05, 4.69) is 4.98 Å². The van der Waals surface area contributed by atoms with E-state index in [0.29, 0.717) is 4.34 Å². The van der Waals surface area contributed by atoms with E-state index in [1.54, 1.807) is 0 Å². The Morgan fingerprint density at radius 2 is 1.82 bits per heavy atom. The second-order valence-corrected chi connectivity index (χ2v) is 6.62. The van der Waals surface area contributed by atoms with Crippen molar-refractivity contribution in [3.63, 3.8) is 0 Å². The summed E-state index contributed by atoms with van der Waals surface area (Å²) in [5, 5.41) is 0. The number of hydrogen-bond donors (Lipinski definition) is 1. The molecule has 0 atom stereocenters. The van der Waals surface area contributed by atoms with Crippen molar-refractivity contribution in [3.05, 3.63) is 48.0 Å². The van der Waals surface area contributed by atoms with Crippen molar-refractivity contribution >= 4 is 51.4 Å². The number of thiazole rings is 1. The van der Waals surface area contributed by atoms with E-state index in [1.807, 2.05) is 24.3 Å². The normalized spacial score (nSPS) is 11.4. The molecule has 0 unspecified atom stereocenters. The first-order chi connectivity index (χ1) is 9.93. The van der Waals surface area contributed by atoms with Gasteiger partial charge in [-0.1, -0.05) is 23.9 Å². The number of aromatic nitrogens is 1. The van der Waals surface area contributed by atoms with Gasteiger partial charge < -0.3 is 5.73 Å². The minimum atomic E-state index is -4.44. The van der Waals surface area contributed by atoms with Crippen LogP contribution >= 0.6 is 35.5 Å². The molecule has 0 aliphatic carbocycles. The van der Waals surface area contributed by atoms with Crippen molar-refractivity contribution in [2.75, 3.05) is 5.73 Å². The zero-order valence-electron chi connectivity index (χ0n) is 10.9. The first kappa shape index (κ1) is 16.9. The molecule has 0 saturated heterocycles. The van der Waals surface area contributed by atoms with E-state index in [1.165, 1.54) is 23.5 Å². The van der Waals surface area contributed by atoms with Gasteiger partial charge in [0, 0.05) is 10.6 Å². The van der Waals surface area contributed by atoms with Crippen LogP contribution < -0.4 is 5.73 Å². The van der Waals surface area contributed by atoms with Gasteiger partial charge in [-0.05, 0) is 30.3 Å². The Kier molecular flexibility index (Phi) is 4.89. The maximum atomic E-state index is 13.0. The summed E-state index contributed by atoms with van der Waals surface area (Å²) in [5.74, 6) is 0. The highest BCUT2D eigenvalue weighted by Crippen LogP contribution is 2.42. The zero-order chi connectivity index (χ0) is 15.0.